The lowest BCUT2D eigenvalue weighted by atomic mass is 9.97. The van der Waals surface area contributed by atoms with Crippen molar-refractivity contribution in [2.24, 2.45) is 17.4 Å². The minimum absolute atomic E-state index is 0.113. The Balaban J connectivity index is 1.65. The van der Waals surface area contributed by atoms with Crippen molar-refractivity contribution in [1.82, 2.24) is 10.1 Å². The highest BCUT2D eigenvalue weighted by Crippen LogP contribution is 2.32. The van der Waals surface area contributed by atoms with Gasteiger partial charge in [-0.1, -0.05) is 5.16 Å². The topological polar surface area (TPSA) is 115 Å². The molecule has 0 aliphatic carbocycles. The Hall–Kier alpha value is -2.88. The molecular weight excluding hydrogens is 389 g/mol. The van der Waals surface area contributed by atoms with Crippen molar-refractivity contribution in [3.63, 3.8) is 0 Å². The number of alkyl halides is 2. The average molecular weight is 410 g/mol. The highest BCUT2D eigenvalue weighted by atomic mass is 19.3. The van der Waals surface area contributed by atoms with Crippen molar-refractivity contribution in [2.75, 3.05) is 19.6 Å². The Morgan fingerprint density at radius 1 is 1.17 bits per heavy atom. The van der Waals surface area contributed by atoms with E-state index in [0.717, 1.165) is 0 Å². The van der Waals surface area contributed by atoms with Crippen LogP contribution < -0.4 is 11.5 Å². The van der Waals surface area contributed by atoms with Gasteiger partial charge in [-0.2, -0.15) is 0 Å². The van der Waals surface area contributed by atoms with E-state index in [0.29, 0.717) is 18.7 Å². The maximum Gasteiger partial charge on any atom is 0.271 e. The lowest BCUT2D eigenvalue weighted by Crippen LogP contribution is -2.53. The molecule has 3 rings (SSSR count). The van der Waals surface area contributed by atoms with Gasteiger partial charge in [0.15, 0.2) is 11.5 Å². The first-order chi connectivity index (χ1) is 13.7. The van der Waals surface area contributed by atoms with E-state index in [9.17, 15) is 22.8 Å². The molecule has 0 saturated carbocycles. The number of halogens is 3. The lowest BCUT2D eigenvalue weighted by molar-refractivity contribution is -0.127. The second-order valence-electron chi connectivity index (χ2n) is 7.17. The zero-order valence-corrected chi connectivity index (χ0v) is 15.5. The van der Waals surface area contributed by atoms with Crippen LogP contribution in [-0.4, -0.2) is 47.4 Å². The molecule has 1 aliphatic rings. The van der Waals surface area contributed by atoms with Crippen LogP contribution in [0.5, 0.6) is 0 Å². The van der Waals surface area contributed by atoms with Gasteiger partial charge in [-0.25, -0.2) is 13.2 Å². The largest absolute Gasteiger partial charge is 0.369 e. The van der Waals surface area contributed by atoms with Crippen LogP contribution >= 0.6 is 0 Å². The summed E-state index contributed by atoms with van der Waals surface area (Å²) in [5.74, 6) is -4.96. The Labute approximate surface area is 164 Å². The van der Waals surface area contributed by atoms with Crippen molar-refractivity contribution in [3.8, 4) is 11.3 Å². The molecule has 1 aromatic heterocycles. The molecule has 2 aromatic rings. The third-order valence-electron chi connectivity index (χ3n) is 5.02. The number of likely N-dealkylation sites (tertiary alicyclic amines) is 1. The quantitative estimate of drug-likeness (QED) is 0.656. The van der Waals surface area contributed by atoms with E-state index in [2.05, 4.69) is 5.16 Å². The molecule has 2 amide bonds. The first-order valence-electron chi connectivity index (χ1n) is 9.10. The number of hydrogen-bond donors (Lipinski definition) is 2. The van der Waals surface area contributed by atoms with Gasteiger partial charge in [0.05, 0.1) is 5.92 Å². The number of aromatic nitrogens is 1. The van der Waals surface area contributed by atoms with Crippen molar-refractivity contribution in [3.05, 3.63) is 41.3 Å². The fourth-order valence-corrected chi connectivity index (χ4v) is 3.25. The summed E-state index contributed by atoms with van der Waals surface area (Å²) in [6.07, 6.45) is -1.14. The summed E-state index contributed by atoms with van der Waals surface area (Å²) in [6.45, 7) is 0.906. The molecular formula is C19H21F3N4O3. The number of rotatable bonds is 9. The second-order valence-corrected chi connectivity index (χ2v) is 7.17. The Kier molecular flexibility index (Phi) is 5.92. The second kappa shape index (κ2) is 8.24. The molecule has 0 spiro atoms. The third kappa shape index (κ3) is 4.94. The standard InChI is InChI=1S/C19H21F3N4O3/c20-13-3-1-11(2-4-13)16-14(15(18(24)28)25-29-16)5-6-19(21,22)7-8-26-9-12(10-26)17(23)27/h1-4,12H,5-10H2,(H2,23,27)(H2,24,28). The molecule has 29 heavy (non-hydrogen) atoms. The summed E-state index contributed by atoms with van der Waals surface area (Å²) < 4.78 is 47.0. The van der Waals surface area contributed by atoms with Gasteiger partial charge in [0.25, 0.3) is 5.91 Å². The highest BCUT2D eigenvalue weighted by molar-refractivity contribution is 5.93. The average Bonchev–Trinajstić information content (AvgIpc) is 3.03. The van der Waals surface area contributed by atoms with Crippen molar-refractivity contribution >= 4 is 11.8 Å². The normalized spacial score (nSPS) is 15.3. The smallest absolute Gasteiger partial charge is 0.271 e. The van der Waals surface area contributed by atoms with E-state index in [1.54, 1.807) is 4.90 Å². The Morgan fingerprint density at radius 2 is 1.83 bits per heavy atom. The molecule has 1 aromatic carbocycles. The predicted molar refractivity (Wildman–Crippen MR) is 97.4 cm³/mol. The van der Waals surface area contributed by atoms with Gasteiger partial charge in [-0.15, -0.1) is 0 Å². The lowest BCUT2D eigenvalue weighted by Gasteiger charge is -2.38. The summed E-state index contributed by atoms with van der Waals surface area (Å²) in [6, 6.07) is 5.18. The van der Waals surface area contributed by atoms with Gasteiger partial charge in [-0.3, -0.25) is 9.59 Å². The first kappa shape index (κ1) is 20.8. The van der Waals surface area contributed by atoms with Crippen molar-refractivity contribution in [2.45, 2.75) is 25.2 Å². The minimum Gasteiger partial charge on any atom is -0.369 e. The zero-order valence-electron chi connectivity index (χ0n) is 15.5. The fourth-order valence-electron chi connectivity index (χ4n) is 3.25. The number of nitrogens with two attached hydrogens (primary N) is 2. The monoisotopic (exact) mass is 410 g/mol. The van der Waals surface area contributed by atoms with E-state index in [1.165, 1.54) is 24.3 Å². The molecule has 0 radical (unpaired) electrons. The summed E-state index contributed by atoms with van der Waals surface area (Å²) >= 11 is 0. The van der Waals surface area contributed by atoms with Crippen LogP contribution in [0.1, 0.15) is 28.9 Å². The fraction of sp³-hybridized carbons (Fsp3) is 0.421. The van der Waals surface area contributed by atoms with E-state index >= 15 is 0 Å². The van der Waals surface area contributed by atoms with Crippen LogP contribution in [0.4, 0.5) is 13.2 Å². The van der Waals surface area contributed by atoms with E-state index in [4.69, 9.17) is 16.0 Å². The Morgan fingerprint density at radius 3 is 2.41 bits per heavy atom. The number of primary amides is 2. The van der Waals surface area contributed by atoms with Crippen molar-refractivity contribution in [1.29, 1.82) is 0 Å². The SMILES string of the molecule is NC(=O)c1noc(-c2ccc(F)cc2)c1CCC(F)(F)CCN1CC(C(N)=O)C1. The van der Waals surface area contributed by atoms with Gasteiger partial charge in [-0.05, 0) is 30.7 Å². The first-order valence-corrected chi connectivity index (χ1v) is 9.10. The third-order valence-corrected chi connectivity index (χ3v) is 5.02. The number of carbonyl (C=O) groups is 2. The van der Waals surface area contributed by atoms with E-state index in [-0.39, 0.29) is 35.9 Å². The number of carbonyl (C=O) groups excluding carboxylic acids is 2. The molecule has 4 N–H and O–H groups in total. The summed E-state index contributed by atoms with van der Waals surface area (Å²) in [5.41, 5.74) is 10.8. The minimum atomic E-state index is -3.01. The predicted octanol–water partition coefficient (Wildman–Crippen LogP) is 1.95. The van der Waals surface area contributed by atoms with Gasteiger partial charge in [0.2, 0.25) is 11.8 Å². The molecule has 1 fully saturated rings. The van der Waals surface area contributed by atoms with Gasteiger partial charge < -0.3 is 20.9 Å². The van der Waals surface area contributed by atoms with Crippen LogP contribution in [0.25, 0.3) is 11.3 Å². The maximum atomic E-state index is 14.4. The van der Waals surface area contributed by atoms with Crippen LogP contribution in [0.3, 0.4) is 0 Å². The number of nitrogens with zero attached hydrogens (tertiary/aromatic N) is 2. The summed E-state index contributed by atoms with van der Waals surface area (Å²) in [5, 5.41) is 3.60. The molecule has 0 unspecified atom stereocenters. The van der Waals surface area contributed by atoms with Crippen molar-refractivity contribution < 1.29 is 27.3 Å². The van der Waals surface area contributed by atoms with Crippen LogP contribution in [0, 0.1) is 11.7 Å². The maximum absolute atomic E-state index is 14.4. The molecule has 10 heteroatoms. The molecule has 2 heterocycles. The summed E-state index contributed by atoms with van der Waals surface area (Å²) in [7, 11) is 0. The van der Waals surface area contributed by atoms with Gasteiger partial charge in [0.1, 0.15) is 5.82 Å². The van der Waals surface area contributed by atoms with Gasteiger partial charge >= 0.3 is 0 Å². The van der Waals surface area contributed by atoms with Crippen LogP contribution in [-0.2, 0) is 11.2 Å². The number of amides is 2. The van der Waals surface area contributed by atoms with Gasteiger partial charge in [0, 0.05) is 43.6 Å². The zero-order chi connectivity index (χ0) is 21.2. The Bertz CT molecular complexity index is 893. The highest BCUT2D eigenvalue weighted by Gasteiger charge is 2.35. The molecule has 156 valence electrons. The molecule has 0 bridgehead atoms. The van der Waals surface area contributed by atoms with E-state index < -0.39 is 36.4 Å². The molecule has 0 atom stereocenters. The molecule has 1 saturated heterocycles. The van der Waals surface area contributed by atoms with Crippen LogP contribution in [0.15, 0.2) is 28.8 Å². The molecule has 7 nitrogen and oxygen atoms in total. The number of benzene rings is 1. The van der Waals surface area contributed by atoms with Crippen LogP contribution in [0.2, 0.25) is 0 Å². The number of hydrogen-bond acceptors (Lipinski definition) is 5. The van der Waals surface area contributed by atoms with E-state index in [1.807, 2.05) is 0 Å². The summed E-state index contributed by atoms with van der Waals surface area (Å²) in [4.78, 5) is 24.3. The molecule has 1 aliphatic heterocycles.